The smallest absolute Gasteiger partial charge is 0.304 e. The Hall–Kier alpha value is -0.610. The maximum atomic E-state index is 10.7. The molecule has 0 spiro atoms. The van der Waals surface area contributed by atoms with E-state index in [2.05, 4.69) is 16.7 Å². The maximum Gasteiger partial charge on any atom is 0.304 e. The van der Waals surface area contributed by atoms with Crippen LogP contribution in [-0.2, 0) is 4.79 Å². The number of carbonyl (C=O) groups is 1. The fraction of sp³-hybridized carbons (Fsp3) is 0.929. The Bertz CT molecular complexity index is 228. The number of unbranched alkanes of at least 4 members (excludes halogenated alkanes) is 2. The summed E-state index contributed by atoms with van der Waals surface area (Å²) in [5.74, 6) is -0.684. The molecule has 0 unspecified atom stereocenters. The van der Waals surface area contributed by atoms with Crippen molar-refractivity contribution in [3.8, 4) is 0 Å². The van der Waals surface area contributed by atoms with Gasteiger partial charge in [-0.25, -0.2) is 0 Å². The molecular formula is C14H28N2O2. The van der Waals surface area contributed by atoms with Crippen LogP contribution in [0.5, 0.6) is 0 Å². The van der Waals surface area contributed by atoms with Crippen LogP contribution in [0, 0.1) is 0 Å². The highest BCUT2D eigenvalue weighted by Gasteiger charge is 2.13. The summed E-state index contributed by atoms with van der Waals surface area (Å²) in [4.78, 5) is 15.5. The van der Waals surface area contributed by atoms with Crippen LogP contribution in [0.2, 0.25) is 0 Å². The van der Waals surface area contributed by atoms with Crippen LogP contribution in [0.1, 0.15) is 45.4 Å². The molecule has 1 aliphatic rings. The van der Waals surface area contributed by atoms with E-state index in [9.17, 15) is 4.79 Å². The van der Waals surface area contributed by atoms with Crippen LogP contribution in [0.3, 0.4) is 0 Å². The fourth-order valence-corrected chi connectivity index (χ4v) is 2.46. The van der Waals surface area contributed by atoms with Crippen molar-refractivity contribution < 1.29 is 9.90 Å². The predicted octanol–water partition coefficient (Wildman–Crippen LogP) is 2.05. The third-order valence-corrected chi connectivity index (χ3v) is 3.65. The van der Waals surface area contributed by atoms with E-state index in [4.69, 9.17) is 5.11 Å². The molecule has 1 saturated heterocycles. The number of hydrogen-bond acceptors (Lipinski definition) is 3. The second-order valence-electron chi connectivity index (χ2n) is 5.24. The number of carboxylic acids is 1. The molecule has 0 bridgehead atoms. The SMILES string of the molecule is CCCCCN(CCC(=O)O)CCN1CCCC1. The van der Waals surface area contributed by atoms with Gasteiger partial charge in [0.05, 0.1) is 6.42 Å². The minimum atomic E-state index is -0.684. The summed E-state index contributed by atoms with van der Waals surface area (Å²) >= 11 is 0. The summed E-state index contributed by atoms with van der Waals surface area (Å²) in [5.41, 5.74) is 0. The summed E-state index contributed by atoms with van der Waals surface area (Å²) in [6.45, 7) is 8.53. The lowest BCUT2D eigenvalue weighted by Gasteiger charge is -2.24. The lowest BCUT2D eigenvalue weighted by atomic mass is 10.2. The molecule has 1 heterocycles. The standard InChI is InChI=1S/C14H28N2O2/c1-2-3-4-8-16(11-7-14(17)18)13-12-15-9-5-6-10-15/h2-13H2,1H3,(H,17,18). The third kappa shape index (κ3) is 6.97. The molecule has 1 aliphatic heterocycles. The van der Waals surface area contributed by atoms with Crippen molar-refractivity contribution in [2.75, 3.05) is 39.3 Å². The zero-order chi connectivity index (χ0) is 13.2. The van der Waals surface area contributed by atoms with Gasteiger partial charge in [0.15, 0.2) is 0 Å². The second-order valence-corrected chi connectivity index (χ2v) is 5.24. The van der Waals surface area contributed by atoms with E-state index in [1.165, 1.54) is 45.2 Å². The van der Waals surface area contributed by atoms with E-state index in [0.717, 1.165) is 19.6 Å². The second kappa shape index (κ2) is 9.34. The summed E-state index contributed by atoms with van der Waals surface area (Å²) in [6, 6.07) is 0. The molecule has 0 saturated carbocycles. The minimum absolute atomic E-state index is 0.270. The zero-order valence-corrected chi connectivity index (χ0v) is 11.7. The van der Waals surface area contributed by atoms with E-state index < -0.39 is 5.97 Å². The number of nitrogens with zero attached hydrogens (tertiary/aromatic N) is 2. The van der Waals surface area contributed by atoms with Crippen molar-refractivity contribution in [3.63, 3.8) is 0 Å². The largest absolute Gasteiger partial charge is 0.481 e. The molecule has 106 valence electrons. The first-order chi connectivity index (χ1) is 8.72. The van der Waals surface area contributed by atoms with Gasteiger partial charge in [0.1, 0.15) is 0 Å². The molecule has 1 fully saturated rings. The van der Waals surface area contributed by atoms with Crippen LogP contribution in [0.4, 0.5) is 0 Å². The van der Waals surface area contributed by atoms with Gasteiger partial charge < -0.3 is 14.9 Å². The van der Waals surface area contributed by atoms with Gasteiger partial charge >= 0.3 is 5.97 Å². The Kier molecular flexibility index (Phi) is 8.01. The van der Waals surface area contributed by atoms with E-state index >= 15 is 0 Å². The lowest BCUT2D eigenvalue weighted by Crippen LogP contribution is -2.35. The zero-order valence-electron chi connectivity index (χ0n) is 11.7. The van der Waals surface area contributed by atoms with Gasteiger partial charge in [0.25, 0.3) is 0 Å². The van der Waals surface area contributed by atoms with Gasteiger partial charge in [-0.3, -0.25) is 4.79 Å². The van der Waals surface area contributed by atoms with Crippen molar-refractivity contribution >= 4 is 5.97 Å². The molecule has 0 radical (unpaired) electrons. The van der Waals surface area contributed by atoms with Crippen molar-refractivity contribution in [3.05, 3.63) is 0 Å². The highest BCUT2D eigenvalue weighted by molar-refractivity contribution is 5.66. The van der Waals surface area contributed by atoms with Crippen molar-refractivity contribution in [1.82, 2.24) is 9.80 Å². The summed E-state index contributed by atoms with van der Waals surface area (Å²) in [7, 11) is 0. The molecule has 1 rings (SSSR count). The summed E-state index contributed by atoms with van der Waals surface area (Å²) < 4.78 is 0. The van der Waals surface area contributed by atoms with Crippen molar-refractivity contribution in [1.29, 1.82) is 0 Å². The first kappa shape index (κ1) is 15.4. The molecule has 1 N–H and O–H groups in total. The van der Waals surface area contributed by atoms with Crippen molar-refractivity contribution in [2.24, 2.45) is 0 Å². The molecule has 0 aromatic rings. The maximum absolute atomic E-state index is 10.7. The average Bonchev–Trinajstić information content (AvgIpc) is 2.85. The first-order valence-electron chi connectivity index (χ1n) is 7.39. The molecular weight excluding hydrogens is 228 g/mol. The van der Waals surface area contributed by atoms with Gasteiger partial charge in [0, 0.05) is 19.6 Å². The van der Waals surface area contributed by atoms with Gasteiger partial charge in [-0.05, 0) is 38.9 Å². The minimum Gasteiger partial charge on any atom is -0.481 e. The number of hydrogen-bond donors (Lipinski definition) is 1. The van der Waals surface area contributed by atoms with Crippen LogP contribution in [0.15, 0.2) is 0 Å². The molecule has 0 aromatic heterocycles. The monoisotopic (exact) mass is 256 g/mol. The Labute approximate surface area is 111 Å². The van der Waals surface area contributed by atoms with Gasteiger partial charge in [-0.1, -0.05) is 19.8 Å². The number of carboxylic acid groups (broad SMARTS) is 1. The molecule has 0 atom stereocenters. The average molecular weight is 256 g/mol. The van der Waals surface area contributed by atoms with Crippen molar-refractivity contribution in [2.45, 2.75) is 45.4 Å². The number of aliphatic carboxylic acids is 1. The Morgan fingerprint density at radius 3 is 2.50 bits per heavy atom. The summed E-state index contributed by atoms with van der Waals surface area (Å²) in [5, 5.41) is 8.78. The molecule has 0 amide bonds. The van der Waals surface area contributed by atoms with Crippen LogP contribution >= 0.6 is 0 Å². The van der Waals surface area contributed by atoms with Gasteiger partial charge in [-0.2, -0.15) is 0 Å². The van der Waals surface area contributed by atoms with E-state index in [1.54, 1.807) is 0 Å². The van der Waals surface area contributed by atoms with E-state index in [1.807, 2.05) is 0 Å². The Morgan fingerprint density at radius 2 is 1.89 bits per heavy atom. The number of rotatable bonds is 10. The summed E-state index contributed by atoms with van der Waals surface area (Å²) in [6.07, 6.45) is 6.57. The topological polar surface area (TPSA) is 43.8 Å². The van der Waals surface area contributed by atoms with Crippen LogP contribution in [0.25, 0.3) is 0 Å². The highest BCUT2D eigenvalue weighted by atomic mass is 16.4. The molecule has 0 aliphatic carbocycles. The van der Waals surface area contributed by atoms with Crippen LogP contribution in [-0.4, -0.2) is 60.1 Å². The van der Waals surface area contributed by atoms with Gasteiger partial charge in [0.2, 0.25) is 0 Å². The van der Waals surface area contributed by atoms with Gasteiger partial charge in [-0.15, -0.1) is 0 Å². The quantitative estimate of drug-likeness (QED) is 0.608. The lowest BCUT2D eigenvalue weighted by molar-refractivity contribution is -0.137. The molecule has 4 heteroatoms. The van der Waals surface area contributed by atoms with E-state index in [-0.39, 0.29) is 6.42 Å². The fourth-order valence-electron chi connectivity index (χ4n) is 2.46. The Balaban J connectivity index is 2.20. The Morgan fingerprint density at radius 1 is 1.17 bits per heavy atom. The molecule has 0 aromatic carbocycles. The molecule has 18 heavy (non-hydrogen) atoms. The highest BCUT2D eigenvalue weighted by Crippen LogP contribution is 2.07. The van der Waals surface area contributed by atoms with E-state index in [0.29, 0.717) is 6.54 Å². The van der Waals surface area contributed by atoms with Crippen LogP contribution < -0.4 is 0 Å². The predicted molar refractivity (Wildman–Crippen MR) is 73.9 cm³/mol. The number of likely N-dealkylation sites (tertiary alicyclic amines) is 1. The first-order valence-corrected chi connectivity index (χ1v) is 7.39. The molecule has 4 nitrogen and oxygen atoms in total. The normalized spacial score (nSPS) is 16.6. The third-order valence-electron chi connectivity index (χ3n) is 3.65.